The maximum atomic E-state index is 12.0. The molecule has 0 spiro atoms. The Labute approximate surface area is 149 Å². The van der Waals surface area contributed by atoms with Crippen molar-refractivity contribution in [2.24, 2.45) is 0 Å². The third-order valence-electron chi connectivity index (χ3n) is 4.27. The Balaban J connectivity index is 2.17. The summed E-state index contributed by atoms with van der Waals surface area (Å²) < 4.78 is 5.91. The summed E-state index contributed by atoms with van der Waals surface area (Å²) in [5, 5.41) is 23.4. The molecule has 7 heteroatoms. The number of hydrogen-bond acceptors (Lipinski definition) is 5. The normalized spacial score (nSPS) is 30.8. The maximum absolute atomic E-state index is 12.0. The Kier molecular flexibility index (Phi) is 6.33. The van der Waals surface area contributed by atoms with Crippen LogP contribution in [0.1, 0.15) is 19.8 Å². The Morgan fingerprint density at radius 2 is 2.08 bits per heavy atom. The van der Waals surface area contributed by atoms with Gasteiger partial charge in [0.05, 0.1) is 11.7 Å². The molecule has 0 saturated carbocycles. The van der Waals surface area contributed by atoms with E-state index in [1.165, 1.54) is 0 Å². The molecule has 3 N–H and O–H groups in total. The number of ether oxygens (including phenoxy) is 1. The lowest BCUT2D eigenvalue weighted by Crippen LogP contribution is -2.47. The first-order valence-corrected chi connectivity index (χ1v) is 11.6. The molecule has 140 valence electrons. The third kappa shape index (κ3) is 4.85. The second kappa shape index (κ2) is 7.92. The maximum Gasteiger partial charge on any atom is 0.258 e. The topological polar surface area (TPSA) is 82.0 Å². The van der Waals surface area contributed by atoms with Crippen LogP contribution in [0.15, 0.2) is 36.3 Å². The van der Waals surface area contributed by atoms with Crippen molar-refractivity contribution in [3.05, 3.63) is 36.3 Å². The number of amides is 1. The Bertz CT molecular complexity index is 637. The summed E-state index contributed by atoms with van der Waals surface area (Å²) in [5.74, 6) is 0.0691. The molecule has 0 radical (unpaired) electrons. The molecule has 0 aromatic carbocycles. The minimum atomic E-state index is -1.24. The zero-order valence-electron chi connectivity index (χ0n) is 15.2. The minimum Gasteiger partial charge on any atom is -0.388 e. The molecule has 1 amide bonds. The van der Waals surface area contributed by atoms with Crippen molar-refractivity contribution in [2.75, 3.05) is 19.5 Å². The van der Waals surface area contributed by atoms with Crippen LogP contribution in [0.25, 0.3) is 0 Å². The van der Waals surface area contributed by atoms with E-state index in [4.69, 9.17) is 4.74 Å². The van der Waals surface area contributed by atoms with Crippen molar-refractivity contribution in [1.29, 1.82) is 0 Å². The van der Waals surface area contributed by atoms with E-state index < -0.39 is 31.4 Å². The van der Waals surface area contributed by atoms with Gasteiger partial charge in [-0.1, -0.05) is 25.7 Å². The van der Waals surface area contributed by atoms with Gasteiger partial charge in [0.1, 0.15) is 18.0 Å². The Morgan fingerprint density at radius 1 is 1.40 bits per heavy atom. The molecule has 2 rings (SSSR count). The molecular formula is C18H29N2O4P. The molecule has 0 aliphatic carbocycles. The van der Waals surface area contributed by atoms with Crippen LogP contribution in [-0.4, -0.2) is 71.4 Å². The zero-order valence-corrected chi connectivity index (χ0v) is 16.1. The van der Waals surface area contributed by atoms with Gasteiger partial charge in [0.2, 0.25) is 0 Å². The van der Waals surface area contributed by atoms with Crippen molar-refractivity contribution in [3.63, 3.8) is 0 Å². The molecule has 25 heavy (non-hydrogen) atoms. The first-order valence-electron chi connectivity index (χ1n) is 8.50. The van der Waals surface area contributed by atoms with Crippen LogP contribution < -0.4 is 5.32 Å². The number of aliphatic hydroxyl groups is 2. The summed E-state index contributed by atoms with van der Waals surface area (Å²) in [6.07, 6.45) is 8.36. The molecule has 2 aliphatic heterocycles. The predicted octanol–water partition coefficient (Wildman–Crippen LogP) is 1.29. The molecule has 2 aliphatic rings. The lowest BCUT2D eigenvalue weighted by atomic mass is 10.1. The standard InChI is InChI=1S/C18H29N2O4P/c1-6-7-8-13-11-20(12(2)19-17(13)23)18-16(22)15(21)14(24-18)9-10-25(3,4)5/h7-8,11,14-16,18,21-22H,2-3,6,9-10H2,1,4-5H3,(H,19,23)/b8-7+/t14-,15-,16-,18-/m1/s1. The summed E-state index contributed by atoms with van der Waals surface area (Å²) >= 11 is 0. The van der Waals surface area contributed by atoms with Gasteiger partial charge in [-0.05, 0) is 32.3 Å². The monoisotopic (exact) mass is 368 g/mol. The number of allylic oxidation sites excluding steroid dienone is 1. The molecule has 0 aromatic heterocycles. The van der Waals surface area contributed by atoms with Crippen LogP contribution in [0.5, 0.6) is 0 Å². The molecule has 0 unspecified atom stereocenters. The highest BCUT2D eigenvalue weighted by Crippen LogP contribution is 2.38. The average molecular weight is 368 g/mol. The highest BCUT2D eigenvalue weighted by molar-refractivity contribution is 7.72. The molecule has 6 nitrogen and oxygen atoms in total. The van der Waals surface area contributed by atoms with E-state index in [9.17, 15) is 15.0 Å². The van der Waals surface area contributed by atoms with Crippen LogP contribution >= 0.6 is 6.89 Å². The first kappa shape index (κ1) is 20.0. The van der Waals surface area contributed by atoms with Crippen LogP contribution in [0.4, 0.5) is 0 Å². The molecule has 2 heterocycles. The lowest BCUT2D eigenvalue weighted by Gasteiger charge is -2.34. The van der Waals surface area contributed by atoms with Crippen molar-refractivity contribution in [2.45, 2.75) is 44.3 Å². The summed E-state index contributed by atoms with van der Waals surface area (Å²) in [5.41, 5.74) is 0.452. The van der Waals surface area contributed by atoms with Crippen molar-refractivity contribution < 1.29 is 19.7 Å². The quantitative estimate of drug-likeness (QED) is 0.616. The molecule has 0 bridgehead atoms. The van der Waals surface area contributed by atoms with E-state index in [1.54, 1.807) is 17.2 Å². The summed E-state index contributed by atoms with van der Waals surface area (Å²) in [7, 11) is 0. The fraction of sp³-hybridized carbons (Fsp3) is 0.556. The average Bonchev–Trinajstić information content (AvgIpc) is 2.80. The molecule has 0 aromatic rings. The Hall–Kier alpha value is -1.33. The van der Waals surface area contributed by atoms with Gasteiger partial charge in [0.15, 0.2) is 6.23 Å². The predicted molar refractivity (Wildman–Crippen MR) is 103 cm³/mol. The van der Waals surface area contributed by atoms with Crippen molar-refractivity contribution >= 4 is 19.1 Å². The van der Waals surface area contributed by atoms with E-state index in [1.807, 2.05) is 13.0 Å². The largest absolute Gasteiger partial charge is 0.388 e. The van der Waals surface area contributed by atoms with Crippen LogP contribution in [-0.2, 0) is 9.53 Å². The number of hydrogen-bond donors (Lipinski definition) is 3. The van der Waals surface area contributed by atoms with Crippen molar-refractivity contribution in [1.82, 2.24) is 10.2 Å². The van der Waals surface area contributed by atoms with E-state index in [-0.39, 0.29) is 5.91 Å². The SMILES string of the molecule is C=C1NC(=O)C(/C=C/CC)=CN1[C@@H]1O[C@H](CCP(=C)(C)C)[C@@H](O)[C@H]1O. The summed E-state index contributed by atoms with van der Waals surface area (Å²) in [6.45, 7) is 8.81. The van der Waals surface area contributed by atoms with E-state index in [0.29, 0.717) is 17.8 Å². The minimum absolute atomic E-state index is 0.251. The highest BCUT2D eigenvalue weighted by atomic mass is 31.2. The molecule has 4 atom stereocenters. The number of rotatable bonds is 6. The number of nitrogens with zero attached hydrogens (tertiary/aromatic N) is 1. The molecule has 1 saturated heterocycles. The number of carbonyl (C=O) groups excluding carboxylic acids is 1. The lowest BCUT2D eigenvalue weighted by molar-refractivity contribution is -0.119. The fourth-order valence-corrected chi connectivity index (χ4v) is 3.77. The van der Waals surface area contributed by atoms with Crippen molar-refractivity contribution in [3.8, 4) is 0 Å². The van der Waals surface area contributed by atoms with Crippen LogP contribution in [0.2, 0.25) is 0 Å². The third-order valence-corrected chi connectivity index (χ3v) is 5.74. The van der Waals surface area contributed by atoms with Gasteiger partial charge in [0.25, 0.3) is 5.91 Å². The van der Waals surface area contributed by atoms with Gasteiger partial charge in [0, 0.05) is 6.20 Å². The summed E-state index contributed by atoms with van der Waals surface area (Å²) in [6, 6.07) is 0. The smallest absolute Gasteiger partial charge is 0.258 e. The second-order valence-corrected chi connectivity index (χ2v) is 11.5. The van der Waals surface area contributed by atoms with Gasteiger partial charge in [-0.25, -0.2) is 0 Å². The number of aliphatic hydroxyl groups excluding tert-OH is 2. The second-order valence-electron chi connectivity index (χ2n) is 7.20. The molecule has 1 fully saturated rings. The van der Waals surface area contributed by atoms with Crippen LogP contribution in [0.3, 0.4) is 0 Å². The number of carbonyl (C=O) groups is 1. The Morgan fingerprint density at radius 3 is 2.68 bits per heavy atom. The summed E-state index contributed by atoms with van der Waals surface area (Å²) in [4.78, 5) is 13.6. The van der Waals surface area contributed by atoms with Gasteiger partial charge in [-0.3, -0.25) is 4.79 Å². The van der Waals surface area contributed by atoms with Gasteiger partial charge < -0.3 is 25.2 Å². The highest BCUT2D eigenvalue weighted by Gasteiger charge is 2.46. The molecular weight excluding hydrogens is 339 g/mol. The van der Waals surface area contributed by atoms with Crippen LogP contribution in [0, 0.1) is 0 Å². The van der Waals surface area contributed by atoms with E-state index in [0.717, 1.165) is 12.6 Å². The van der Waals surface area contributed by atoms with Gasteiger partial charge >= 0.3 is 0 Å². The fourth-order valence-electron chi connectivity index (χ4n) is 2.82. The zero-order chi connectivity index (χ0) is 18.8. The van der Waals surface area contributed by atoms with E-state index in [2.05, 4.69) is 31.5 Å². The van der Waals surface area contributed by atoms with E-state index >= 15 is 0 Å². The number of nitrogens with one attached hydrogen (secondary N) is 1. The van der Waals surface area contributed by atoms with Gasteiger partial charge in [-0.15, -0.1) is 13.2 Å². The first-order chi connectivity index (χ1) is 11.6. The van der Waals surface area contributed by atoms with Gasteiger partial charge in [-0.2, -0.15) is 0 Å².